The zero-order valence-corrected chi connectivity index (χ0v) is 12.6. The van der Waals surface area contributed by atoms with E-state index in [0.717, 1.165) is 6.42 Å². The van der Waals surface area contributed by atoms with E-state index in [2.05, 4.69) is 30.9 Å². The third-order valence-electron chi connectivity index (χ3n) is 4.57. The summed E-state index contributed by atoms with van der Waals surface area (Å²) in [5, 5.41) is 14.0. The van der Waals surface area contributed by atoms with Crippen LogP contribution < -0.4 is 5.32 Å². The summed E-state index contributed by atoms with van der Waals surface area (Å²) in [6.07, 6.45) is 3.65. The number of aryl methyl sites for hydroxylation is 1. The molecule has 0 bridgehead atoms. The van der Waals surface area contributed by atoms with E-state index in [1.807, 2.05) is 12.1 Å². The fourth-order valence-corrected chi connectivity index (χ4v) is 4.75. The Morgan fingerprint density at radius 3 is 2.68 bits per heavy atom. The topological polar surface area (TPSA) is 32.3 Å². The number of rotatable bonds is 2. The lowest BCUT2D eigenvalue weighted by Gasteiger charge is -2.27. The molecular formula is C16H23NOS. The predicted molar refractivity (Wildman–Crippen MR) is 82.1 cm³/mol. The number of nitrogens with one attached hydrogen (secondary N) is 1. The molecule has 3 heteroatoms. The molecule has 2 N–H and O–H groups in total. The minimum Gasteiger partial charge on any atom is -0.508 e. The van der Waals surface area contributed by atoms with Crippen molar-refractivity contribution in [3.05, 3.63) is 28.8 Å². The maximum Gasteiger partial charge on any atom is 0.120 e. The van der Waals surface area contributed by atoms with E-state index in [0.29, 0.717) is 23.8 Å². The van der Waals surface area contributed by atoms with E-state index in [4.69, 9.17) is 0 Å². The molecule has 0 saturated carbocycles. The lowest BCUT2D eigenvalue weighted by atomic mass is 9.97. The highest BCUT2D eigenvalue weighted by molar-refractivity contribution is 7.99. The van der Waals surface area contributed by atoms with Gasteiger partial charge in [0.1, 0.15) is 5.75 Å². The molecule has 19 heavy (non-hydrogen) atoms. The van der Waals surface area contributed by atoms with Crippen LogP contribution in [0.2, 0.25) is 0 Å². The van der Waals surface area contributed by atoms with Crippen LogP contribution in [-0.2, 0) is 0 Å². The molecule has 0 aromatic heterocycles. The summed E-state index contributed by atoms with van der Waals surface area (Å²) >= 11 is 2.06. The predicted octanol–water partition coefficient (Wildman–Crippen LogP) is 3.73. The number of aromatic hydroxyl groups is 1. The second-order valence-corrected chi connectivity index (χ2v) is 7.20. The number of benzene rings is 1. The van der Waals surface area contributed by atoms with Crippen LogP contribution in [0.1, 0.15) is 54.8 Å². The molecule has 2 atom stereocenters. The minimum atomic E-state index is 0.345. The van der Waals surface area contributed by atoms with E-state index in [1.165, 1.54) is 41.0 Å². The Bertz CT molecular complexity index is 468. The molecule has 2 aliphatic rings. The van der Waals surface area contributed by atoms with Gasteiger partial charge in [-0.3, -0.25) is 0 Å². The minimum absolute atomic E-state index is 0.345. The van der Waals surface area contributed by atoms with E-state index in [1.54, 1.807) is 0 Å². The average molecular weight is 277 g/mol. The first-order chi connectivity index (χ1) is 9.16. The Labute approximate surface area is 120 Å². The third-order valence-corrected chi connectivity index (χ3v) is 5.62. The number of fused-ring (bicyclic) bond motifs is 1. The van der Waals surface area contributed by atoms with Crippen LogP contribution in [0.3, 0.4) is 0 Å². The first-order valence-electron chi connectivity index (χ1n) is 7.33. The van der Waals surface area contributed by atoms with Gasteiger partial charge in [0.05, 0.1) is 0 Å². The van der Waals surface area contributed by atoms with Gasteiger partial charge in [-0.25, -0.2) is 0 Å². The lowest BCUT2D eigenvalue weighted by Crippen LogP contribution is -2.34. The molecule has 1 heterocycles. The number of phenolic OH excluding ortho intramolecular Hbond substituents is 1. The molecule has 1 aromatic rings. The summed E-state index contributed by atoms with van der Waals surface area (Å²) in [7, 11) is 0. The molecular weight excluding hydrogens is 254 g/mol. The van der Waals surface area contributed by atoms with Gasteiger partial charge in [0.25, 0.3) is 0 Å². The fraction of sp³-hybridized carbons (Fsp3) is 0.625. The van der Waals surface area contributed by atoms with Crippen molar-refractivity contribution in [3.8, 4) is 5.75 Å². The zero-order chi connectivity index (χ0) is 13.4. The van der Waals surface area contributed by atoms with Gasteiger partial charge in [0.15, 0.2) is 0 Å². The molecule has 1 aliphatic heterocycles. The Kier molecular flexibility index (Phi) is 3.77. The van der Waals surface area contributed by atoms with E-state index >= 15 is 0 Å². The van der Waals surface area contributed by atoms with Gasteiger partial charge >= 0.3 is 0 Å². The summed E-state index contributed by atoms with van der Waals surface area (Å²) in [4.78, 5) is 0. The van der Waals surface area contributed by atoms with Gasteiger partial charge in [-0.15, -0.1) is 0 Å². The summed E-state index contributed by atoms with van der Waals surface area (Å²) in [5.41, 5.74) is 3.87. The quantitative estimate of drug-likeness (QED) is 0.864. The van der Waals surface area contributed by atoms with E-state index < -0.39 is 0 Å². The normalized spacial score (nSPS) is 27.5. The van der Waals surface area contributed by atoms with Gasteiger partial charge in [-0.1, -0.05) is 13.0 Å². The van der Waals surface area contributed by atoms with Crippen LogP contribution in [-0.4, -0.2) is 22.7 Å². The van der Waals surface area contributed by atoms with Crippen molar-refractivity contribution in [1.82, 2.24) is 5.32 Å². The van der Waals surface area contributed by atoms with Crippen LogP contribution in [0.5, 0.6) is 5.75 Å². The first kappa shape index (κ1) is 13.3. The number of thioether (sulfide) groups is 1. The van der Waals surface area contributed by atoms with Gasteiger partial charge in [-0.05, 0) is 60.8 Å². The second kappa shape index (κ2) is 5.37. The molecule has 1 saturated heterocycles. The molecule has 2 nitrogen and oxygen atoms in total. The highest BCUT2D eigenvalue weighted by atomic mass is 32.2. The summed E-state index contributed by atoms with van der Waals surface area (Å²) < 4.78 is 0. The molecule has 1 aromatic carbocycles. The largest absolute Gasteiger partial charge is 0.508 e. The lowest BCUT2D eigenvalue weighted by molar-refractivity contribution is 0.390. The molecule has 1 fully saturated rings. The van der Waals surface area contributed by atoms with Crippen molar-refractivity contribution in [1.29, 1.82) is 0 Å². The zero-order valence-electron chi connectivity index (χ0n) is 11.8. The van der Waals surface area contributed by atoms with Crippen molar-refractivity contribution in [2.45, 2.75) is 51.1 Å². The molecule has 2 unspecified atom stereocenters. The van der Waals surface area contributed by atoms with Crippen molar-refractivity contribution in [2.24, 2.45) is 0 Å². The number of hydrogen-bond donors (Lipinski definition) is 2. The highest BCUT2D eigenvalue weighted by Gasteiger charge is 2.33. The van der Waals surface area contributed by atoms with Crippen LogP contribution in [0.4, 0.5) is 0 Å². The monoisotopic (exact) mass is 277 g/mol. The van der Waals surface area contributed by atoms with E-state index in [9.17, 15) is 5.11 Å². The maximum absolute atomic E-state index is 10.2. The van der Waals surface area contributed by atoms with Crippen LogP contribution in [0, 0.1) is 6.92 Å². The van der Waals surface area contributed by atoms with Gasteiger partial charge in [-0.2, -0.15) is 11.8 Å². The Morgan fingerprint density at radius 2 is 1.95 bits per heavy atom. The highest BCUT2D eigenvalue weighted by Crippen LogP contribution is 2.46. The Hall–Kier alpha value is -0.670. The molecule has 104 valence electrons. The Balaban J connectivity index is 1.84. The maximum atomic E-state index is 10.2. The molecule has 3 rings (SSSR count). The van der Waals surface area contributed by atoms with Gasteiger partial charge in [0.2, 0.25) is 0 Å². The Morgan fingerprint density at radius 1 is 1.21 bits per heavy atom. The average Bonchev–Trinajstić information content (AvgIpc) is 2.73. The summed E-state index contributed by atoms with van der Waals surface area (Å²) in [6, 6.07) is 4.88. The number of hydrogen-bond acceptors (Lipinski definition) is 3. The molecule has 0 radical (unpaired) electrons. The van der Waals surface area contributed by atoms with E-state index in [-0.39, 0.29) is 0 Å². The van der Waals surface area contributed by atoms with Gasteiger partial charge < -0.3 is 10.4 Å². The first-order valence-corrected chi connectivity index (χ1v) is 8.48. The van der Waals surface area contributed by atoms with Crippen molar-refractivity contribution >= 4 is 11.8 Å². The summed E-state index contributed by atoms with van der Waals surface area (Å²) in [5.74, 6) is 3.57. The smallest absolute Gasteiger partial charge is 0.120 e. The van der Waals surface area contributed by atoms with Crippen LogP contribution in [0.15, 0.2) is 12.1 Å². The summed E-state index contributed by atoms with van der Waals surface area (Å²) in [6.45, 7) is 4.44. The van der Waals surface area contributed by atoms with Gasteiger partial charge in [0, 0.05) is 17.6 Å². The molecule has 0 amide bonds. The third kappa shape index (κ3) is 2.50. The van der Waals surface area contributed by atoms with Crippen LogP contribution >= 0.6 is 11.8 Å². The number of phenols is 1. The second-order valence-electron chi connectivity index (χ2n) is 5.97. The SMILES string of the molecule is Cc1ccc(O)c2c1C(C)CC2NC1CCSCC1. The van der Waals surface area contributed by atoms with Crippen LogP contribution in [0.25, 0.3) is 0 Å². The van der Waals surface area contributed by atoms with Crippen molar-refractivity contribution < 1.29 is 5.11 Å². The standard InChI is InChI=1S/C16H23NOS/c1-10-3-4-14(18)16-13(9-11(2)15(10)16)17-12-5-7-19-8-6-12/h3-4,11-13,17-18H,5-9H2,1-2H3. The molecule has 0 spiro atoms. The fourth-order valence-electron chi connectivity index (χ4n) is 3.64. The van der Waals surface area contributed by atoms with Crippen molar-refractivity contribution in [2.75, 3.05) is 11.5 Å². The molecule has 1 aliphatic carbocycles. The van der Waals surface area contributed by atoms with Crippen molar-refractivity contribution in [3.63, 3.8) is 0 Å².